The van der Waals surface area contributed by atoms with Crippen molar-refractivity contribution in [1.82, 2.24) is 4.98 Å². The summed E-state index contributed by atoms with van der Waals surface area (Å²) in [6, 6.07) is 6.00. The van der Waals surface area contributed by atoms with Crippen LogP contribution in [-0.2, 0) is 6.42 Å². The van der Waals surface area contributed by atoms with Gasteiger partial charge in [0.15, 0.2) is 11.5 Å². The van der Waals surface area contributed by atoms with Gasteiger partial charge in [-0.2, -0.15) is 0 Å². The SMILES string of the molecule is CCCCCCCCCCCCCCc1nc2cc(Br)ccc2o1. The van der Waals surface area contributed by atoms with Gasteiger partial charge in [0.05, 0.1) is 0 Å². The number of benzene rings is 1. The average molecular weight is 394 g/mol. The Morgan fingerprint density at radius 1 is 0.833 bits per heavy atom. The third-order valence-electron chi connectivity index (χ3n) is 4.64. The van der Waals surface area contributed by atoms with Gasteiger partial charge in [-0.05, 0) is 24.6 Å². The molecular formula is C21H32BrNO. The van der Waals surface area contributed by atoms with Crippen molar-refractivity contribution in [2.24, 2.45) is 0 Å². The number of nitrogens with zero attached hydrogens (tertiary/aromatic N) is 1. The Morgan fingerprint density at radius 3 is 2.04 bits per heavy atom. The maximum atomic E-state index is 5.79. The first kappa shape index (κ1) is 19.5. The van der Waals surface area contributed by atoms with Crippen molar-refractivity contribution in [1.29, 1.82) is 0 Å². The minimum atomic E-state index is 0.884. The van der Waals surface area contributed by atoms with Crippen LogP contribution in [0.3, 0.4) is 0 Å². The van der Waals surface area contributed by atoms with E-state index in [1.807, 2.05) is 18.2 Å². The molecule has 134 valence electrons. The van der Waals surface area contributed by atoms with Crippen LogP contribution in [0.1, 0.15) is 89.9 Å². The lowest BCUT2D eigenvalue weighted by Gasteiger charge is -2.02. The number of rotatable bonds is 13. The van der Waals surface area contributed by atoms with Crippen LogP contribution in [-0.4, -0.2) is 4.98 Å². The van der Waals surface area contributed by atoms with Crippen LogP contribution >= 0.6 is 15.9 Å². The summed E-state index contributed by atoms with van der Waals surface area (Å²) in [5, 5.41) is 0. The first-order chi connectivity index (χ1) is 11.8. The first-order valence-corrected chi connectivity index (χ1v) is 10.6. The van der Waals surface area contributed by atoms with Crippen molar-refractivity contribution in [2.45, 2.75) is 90.4 Å². The Balaban J connectivity index is 1.46. The summed E-state index contributed by atoms with van der Waals surface area (Å²) in [5.41, 5.74) is 1.85. The Morgan fingerprint density at radius 2 is 1.42 bits per heavy atom. The first-order valence-electron chi connectivity index (χ1n) is 9.84. The van der Waals surface area contributed by atoms with E-state index in [1.54, 1.807) is 0 Å². The van der Waals surface area contributed by atoms with Crippen LogP contribution in [0.25, 0.3) is 11.1 Å². The third-order valence-corrected chi connectivity index (χ3v) is 5.13. The molecule has 0 saturated carbocycles. The molecule has 0 saturated heterocycles. The second-order valence-corrected chi connectivity index (χ2v) is 7.77. The topological polar surface area (TPSA) is 26.0 Å². The van der Waals surface area contributed by atoms with E-state index in [9.17, 15) is 0 Å². The number of unbranched alkanes of at least 4 members (excludes halogenated alkanes) is 11. The summed E-state index contributed by atoms with van der Waals surface area (Å²) in [7, 11) is 0. The van der Waals surface area contributed by atoms with E-state index in [2.05, 4.69) is 27.8 Å². The van der Waals surface area contributed by atoms with Gasteiger partial charge in [0, 0.05) is 10.9 Å². The predicted molar refractivity (Wildman–Crippen MR) is 106 cm³/mol. The molecule has 0 fully saturated rings. The number of fused-ring (bicyclic) bond motifs is 1. The number of aromatic nitrogens is 1. The average Bonchev–Trinajstić information content (AvgIpc) is 2.97. The fraction of sp³-hybridized carbons (Fsp3) is 0.667. The van der Waals surface area contributed by atoms with Gasteiger partial charge >= 0.3 is 0 Å². The molecule has 0 radical (unpaired) electrons. The number of hydrogen-bond acceptors (Lipinski definition) is 2. The van der Waals surface area contributed by atoms with E-state index >= 15 is 0 Å². The van der Waals surface area contributed by atoms with E-state index < -0.39 is 0 Å². The molecule has 3 heteroatoms. The molecule has 0 spiro atoms. The minimum absolute atomic E-state index is 0.884. The van der Waals surface area contributed by atoms with E-state index in [-0.39, 0.29) is 0 Å². The summed E-state index contributed by atoms with van der Waals surface area (Å²) in [6.07, 6.45) is 17.5. The van der Waals surface area contributed by atoms with Gasteiger partial charge in [0.25, 0.3) is 0 Å². The molecule has 0 atom stereocenters. The van der Waals surface area contributed by atoms with Crippen molar-refractivity contribution in [3.63, 3.8) is 0 Å². The minimum Gasteiger partial charge on any atom is -0.441 e. The van der Waals surface area contributed by atoms with Crippen molar-refractivity contribution in [2.75, 3.05) is 0 Å². The maximum Gasteiger partial charge on any atom is 0.195 e. The molecule has 1 heterocycles. The second-order valence-electron chi connectivity index (χ2n) is 6.86. The highest BCUT2D eigenvalue weighted by Crippen LogP contribution is 2.21. The van der Waals surface area contributed by atoms with Gasteiger partial charge in [-0.15, -0.1) is 0 Å². The van der Waals surface area contributed by atoms with Gasteiger partial charge in [-0.25, -0.2) is 4.98 Å². The van der Waals surface area contributed by atoms with Gasteiger partial charge in [-0.1, -0.05) is 93.5 Å². The summed E-state index contributed by atoms with van der Waals surface area (Å²) < 4.78 is 6.85. The van der Waals surface area contributed by atoms with Crippen LogP contribution in [0.4, 0.5) is 0 Å². The molecule has 2 aromatic rings. The van der Waals surface area contributed by atoms with Gasteiger partial charge in [-0.3, -0.25) is 0 Å². The number of oxazole rings is 1. The lowest BCUT2D eigenvalue weighted by atomic mass is 10.0. The molecular weight excluding hydrogens is 362 g/mol. The highest BCUT2D eigenvalue weighted by molar-refractivity contribution is 9.10. The van der Waals surface area contributed by atoms with Gasteiger partial charge in [0.1, 0.15) is 5.52 Å². The standard InChI is InChI=1S/C21H32BrNO/c1-2-3-4-5-6-7-8-9-10-11-12-13-14-21-23-19-17-18(22)15-16-20(19)24-21/h15-17H,2-14H2,1H3. The molecule has 0 aliphatic rings. The summed E-state index contributed by atoms with van der Waals surface area (Å²) in [4.78, 5) is 4.57. The van der Waals surface area contributed by atoms with Gasteiger partial charge < -0.3 is 4.42 Å². The number of halogens is 1. The van der Waals surface area contributed by atoms with Gasteiger partial charge in [0.2, 0.25) is 0 Å². The van der Waals surface area contributed by atoms with Crippen molar-refractivity contribution >= 4 is 27.0 Å². The number of aryl methyl sites for hydroxylation is 1. The molecule has 2 nitrogen and oxygen atoms in total. The second kappa shape index (κ2) is 11.7. The van der Waals surface area contributed by atoms with E-state index in [4.69, 9.17) is 4.42 Å². The van der Waals surface area contributed by atoms with Crippen LogP contribution in [0.5, 0.6) is 0 Å². The molecule has 0 N–H and O–H groups in total. The van der Waals surface area contributed by atoms with Crippen LogP contribution in [0.15, 0.2) is 27.1 Å². The largest absolute Gasteiger partial charge is 0.441 e. The molecule has 1 aromatic heterocycles. The Bertz CT molecular complexity index is 578. The van der Waals surface area contributed by atoms with Crippen LogP contribution < -0.4 is 0 Å². The monoisotopic (exact) mass is 393 g/mol. The third kappa shape index (κ3) is 7.38. The highest BCUT2D eigenvalue weighted by atomic mass is 79.9. The van der Waals surface area contributed by atoms with Crippen LogP contribution in [0, 0.1) is 0 Å². The Kier molecular flexibility index (Phi) is 9.48. The molecule has 1 aromatic carbocycles. The zero-order chi connectivity index (χ0) is 17.0. The summed E-state index contributed by atoms with van der Waals surface area (Å²) in [5.74, 6) is 0.884. The van der Waals surface area contributed by atoms with E-state index in [0.717, 1.165) is 27.9 Å². The molecule has 0 unspecified atom stereocenters. The van der Waals surface area contributed by atoms with E-state index in [1.165, 1.54) is 77.0 Å². The summed E-state index contributed by atoms with van der Waals surface area (Å²) >= 11 is 3.47. The molecule has 24 heavy (non-hydrogen) atoms. The molecule has 2 rings (SSSR count). The van der Waals surface area contributed by atoms with Crippen molar-refractivity contribution in [3.8, 4) is 0 Å². The molecule has 0 aliphatic heterocycles. The number of hydrogen-bond donors (Lipinski definition) is 0. The van der Waals surface area contributed by atoms with Crippen molar-refractivity contribution < 1.29 is 4.42 Å². The highest BCUT2D eigenvalue weighted by Gasteiger charge is 2.05. The van der Waals surface area contributed by atoms with Crippen molar-refractivity contribution in [3.05, 3.63) is 28.6 Å². The van der Waals surface area contributed by atoms with Crippen LogP contribution in [0.2, 0.25) is 0 Å². The zero-order valence-electron chi connectivity index (χ0n) is 15.2. The lowest BCUT2D eigenvalue weighted by molar-refractivity contribution is 0.500. The molecule has 0 bridgehead atoms. The molecule has 0 aliphatic carbocycles. The van der Waals surface area contributed by atoms with E-state index in [0.29, 0.717) is 0 Å². The maximum absolute atomic E-state index is 5.79. The Hall–Kier alpha value is -0.830. The predicted octanol–water partition coefficient (Wildman–Crippen LogP) is 7.83. The summed E-state index contributed by atoms with van der Waals surface area (Å²) in [6.45, 7) is 2.28. The quantitative estimate of drug-likeness (QED) is 0.324. The normalized spacial score (nSPS) is 11.4. The fourth-order valence-corrected chi connectivity index (χ4v) is 3.52. The fourth-order valence-electron chi connectivity index (χ4n) is 3.17. The smallest absolute Gasteiger partial charge is 0.195 e. The molecule has 0 amide bonds. The zero-order valence-corrected chi connectivity index (χ0v) is 16.7. The Labute approximate surface area is 155 Å². The lowest BCUT2D eigenvalue weighted by Crippen LogP contribution is -1.86.